The molecule has 4 rings (SSSR count). The van der Waals surface area contributed by atoms with Crippen LogP contribution in [-0.2, 0) is 12.8 Å². The van der Waals surface area contributed by atoms with Crippen LogP contribution in [0.5, 0.6) is 0 Å². The molecule has 114 valence electrons. The molecule has 1 saturated heterocycles. The largest absolute Gasteiger partial charge is 0.351 e. The maximum atomic E-state index is 12.2. The van der Waals surface area contributed by atoms with Gasteiger partial charge in [0.1, 0.15) is 5.69 Å². The van der Waals surface area contributed by atoms with Crippen molar-refractivity contribution in [3.63, 3.8) is 0 Å². The number of amides is 1. The van der Waals surface area contributed by atoms with Gasteiger partial charge < -0.3 is 14.8 Å². The van der Waals surface area contributed by atoms with E-state index < -0.39 is 0 Å². The second-order valence-corrected chi connectivity index (χ2v) is 5.97. The number of carbonyl (C=O) groups is 1. The molecule has 1 aliphatic carbocycles. The first-order chi connectivity index (χ1) is 10.7. The fraction of sp³-hybridized carbons (Fsp3) is 0.467. The van der Waals surface area contributed by atoms with Crippen LogP contribution in [0.25, 0.3) is 0 Å². The fourth-order valence-electron chi connectivity index (χ4n) is 3.09. The quantitative estimate of drug-likeness (QED) is 0.900. The Morgan fingerprint density at radius 3 is 3.00 bits per heavy atom. The number of hydrogen-bond donors (Lipinski definition) is 1. The number of anilines is 1. The highest BCUT2D eigenvalue weighted by atomic mass is 16.2. The average Bonchev–Trinajstić information content (AvgIpc) is 3.15. The van der Waals surface area contributed by atoms with Gasteiger partial charge in [-0.05, 0) is 30.9 Å². The number of H-pyrrole nitrogens is 1. The number of aromatic amines is 1. The van der Waals surface area contributed by atoms with Gasteiger partial charge >= 0.3 is 0 Å². The van der Waals surface area contributed by atoms with Crippen LogP contribution < -0.4 is 4.90 Å². The highest BCUT2D eigenvalue weighted by molar-refractivity contribution is 5.92. The Bertz CT molecular complexity index is 692. The molecule has 1 N–H and O–H groups in total. The highest BCUT2D eigenvalue weighted by Gasteiger charge is 2.34. The van der Waals surface area contributed by atoms with Gasteiger partial charge in [0.25, 0.3) is 5.91 Å². The minimum atomic E-state index is -0.0258. The summed E-state index contributed by atoms with van der Waals surface area (Å²) in [5, 5.41) is 8.64. The Labute approximate surface area is 128 Å². The van der Waals surface area contributed by atoms with Crippen molar-refractivity contribution in [3.05, 3.63) is 35.5 Å². The summed E-state index contributed by atoms with van der Waals surface area (Å²) >= 11 is 0. The summed E-state index contributed by atoms with van der Waals surface area (Å²) in [6, 6.07) is 2.35. The van der Waals surface area contributed by atoms with Crippen LogP contribution in [0.15, 0.2) is 18.6 Å². The van der Waals surface area contributed by atoms with Crippen LogP contribution in [0.2, 0.25) is 0 Å². The minimum absolute atomic E-state index is 0.0258. The Hall–Kier alpha value is -2.44. The molecule has 7 heteroatoms. The molecule has 0 saturated carbocycles. The lowest BCUT2D eigenvalue weighted by molar-refractivity contribution is 0.0699. The van der Waals surface area contributed by atoms with E-state index >= 15 is 0 Å². The Kier molecular flexibility index (Phi) is 3.06. The molecule has 1 aliphatic heterocycles. The first-order valence-corrected chi connectivity index (χ1v) is 7.58. The number of aryl methyl sites for hydroxylation is 2. The lowest BCUT2D eigenvalue weighted by Crippen LogP contribution is -2.60. The van der Waals surface area contributed by atoms with Gasteiger partial charge in [0.15, 0.2) is 5.82 Å². The van der Waals surface area contributed by atoms with Crippen molar-refractivity contribution in [1.29, 1.82) is 0 Å². The summed E-state index contributed by atoms with van der Waals surface area (Å²) in [5.74, 6) is 0.904. The molecule has 2 aromatic heterocycles. The molecule has 2 aliphatic rings. The maximum absolute atomic E-state index is 12.2. The predicted octanol–water partition coefficient (Wildman–Crippen LogP) is 0.649. The third kappa shape index (κ3) is 2.13. The molecule has 0 atom stereocenters. The van der Waals surface area contributed by atoms with E-state index in [4.69, 9.17) is 0 Å². The highest BCUT2D eigenvalue weighted by Crippen LogP contribution is 2.26. The molecule has 1 amide bonds. The van der Waals surface area contributed by atoms with Gasteiger partial charge in [-0.15, -0.1) is 5.10 Å². The molecule has 22 heavy (non-hydrogen) atoms. The van der Waals surface area contributed by atoms with E-state index in [1.165, 1.54) is 18.3 Å². The van der Waals surface area contributed by atoms with Crippen molar-refractivity contribution in [2.75, 3.05) is 25.0 Å². The van der Waals surface area contributed by atoms with Crippen LogP contribution in [0, 0.1) is 0 Å². The number of fused-ring (bicyclic) bond motifs is 1. The zero-order chi connectivity index (χ0) is 15.1. The Morgan fingerprint density at radius 1 is 1.36 bits per heavy atom. The van der Waals surface area contributed by atoms with Gasteiger partial charge in [0.2, 0.25) is 0 Å². The minimum Gasteiger partial charge on any atom is -0.351 e. The smallest absolute Gasteiger partial charge is 0.272 e. The number of nitrogens with zero attached hydrogens (tertiary/aromatic N) is 5. The number of carbonyl (C=O) groups excluding carboxylic acids is 1. The van der Waals surface area contributed by atoms with Gasteiger partial charge in [-0.25, -0.2) is 4.98 Å². The van der Waals surface area contributed by atoms with Gasteiger partial charge in [0.05, 0.1) is 24.3 Å². The number of hydrogen-bond acceptors (Lipinski definition) is 5. The van der Waals surface area contributed by atoms with Crippen LogP contribution in [0.1, 0.15) is 28.2 Å². The second-order valence-electron chi connectivity index (χ2n) is 5.97. The molecule has 0 bridgehead atoms. The van der Waals surface area contributed by atoms with E-state index in [-0.39, 0.29) is 11.9 Å². The third-order valence-corrected chi connectivity index (χ3v) is 4.59. The summed E-state index contributed by atoms with van der Waals surface area (Å²) in [5.41, 5.74) is 3.00. The number of rotatable bonds is 3. The Morgan fingerprint density at radius 2 is 2.23 bits per heavy atom. The summed E-state index contributed by atoms with van der Waals surface area (Å²) in [4.78, 5) is 22.9. The number of nitrogens with one attached hydrogen (secondary N) is 1. The van der Waals surface area contributed by atoms with Crippen LogP contribution in [0.4, 0.5) is 5.82 Å². The van der Waals surface area contributed by atoms with Crippen LogP contribution >= 0.6 is 0 Å². The molecule has 3 heterocycles. The van der Waals surface area contributed by atoms with Gasteiger partial charge in [-0.1, -0.05) is 0 Å². The summed E-state index contributed by atoms with van der Waals surface area (Å²) in [6.45, 7) is 1.59. The third-order valence-electron chi connectivity index (χ3n) is 4.59. The first kappa shape index (κ1) is 13.2. The molecule has 0 aromatic carbocycles. The number of imidazole rings is 1. The van der Waals surface area contributed by atoms with Gasteiger partial charge in [-0.3, -0.25) is 4.79 Å². The first-order valence-electron chi connectivity index (χ1n) is 7.58. The van der Waals surface area contributed by atoms with Gasteiger partial charge in [0, 0.05) is 20.1 Å². The standard InChI is InChI=1S/C15H18N6O/c1-20(15(22)13-6-16-9-17-13)11-7-21(8-11)14-5-10-3-2-4-12(10)18-19-14/h5-6,9,11H,2-4,7-8H2,1H3,(H,16,17). The van der Waals surface area contributed by atoms with Crippen molar-refractivity contribution in [3.8, 4) is 0 Å². The van der Waals surface area contributed by atoms with E-state index in [1.807, 2.05) is 7.05 Å². The SMILES string of the molecule is CN(C(=O)c1cnc[nH]1)C1CN(c2cc3c(nn2)CCC3)C1. The normalized spacial score (nSPS) is 17.2. The summed E-state index contributed by atoms with van der Waals surface area (Å²) < 4.78 is 0. The topological polar surface area (TPSA) is 78.0 Å². The fourth-order valence-corrected chi connectivity index (χ4v) is 3.09. The molecule has 2 aromatic rings. The lowest BCUT2D eigenvalue weighted by Gasteiger charge is -2.44. The van der Waals surface area contributed by atoms with Crippen LogP contribution in [0.3, 0.4) is 0 Å². The maximum Gasteiger partial charge on any atom is 0.272 e. The predicted molar refractivity (Wildman–Crippen MR) is 80.7 cm³/mol. The number of aromatic nitrogens is 4. The molecule has 0 spiro atoms. The molecular weight excluding hydrogens is 280 g/mol. The van der Waals surface area contributed by atoms with E-state index in [9.17, 15) is 4.79 Å². The van der Waals surface area contributed by atoms with Crippen molar-refractivity contribution in [1.82, 2.24) is 25.1 Å². The zero-order valence-electron chi connectivity index (χ0n) is 12.5. The van der Waals surface area contributed by atoms with Crippen molar-refractivity contribution in [2.24, 2.45) is 0 Å². The Balaban J connectivity index is 1.40. The van der Waals surface area contributed by atoms with E-state index in [0.29, 0.717) is 5.69 Å². The molecule has 1 fully saturated rings. The lowest BCUT2D eigenvalue weighted by atomic mass is 10.1. The summed E-state index contributed by atoms with van der Waals surface area (Å²) in [6.07, 6.45) is 6.41. The van der Waals surface area contributed by atoms with Crippen molar-refractivity contribution < 1.29 is 4.79 Å². The van der Waals surface area contributed by atoms with Gasteiger partial charge in [-0.2, -0.15) is 5.10 Å². The molecule has 7 nitrogen and oxygen atoms in total. The van der Waals surface area contributed by atoms with E-state index in [1.54, 1.807) is 11.1 Å². The van der Waals surface area contributed by atoms with E-state index in [0.717, 1.165) is 37.4 Å². The molecule has 0 unspecified atom stereocenters. The zero-order valence-corrected chi connectivity index (χ0v) is 12.5. The molecule has 0 radical (unpaired) electrons. The second kappa shape index (κ2) is 5.08. The van der Waals surface area contributed by atoms with Crippen LogP contribution in [-0.4, -0.2) is 57.2 Å². The van der Waals surface area contributed by atoms with Crippen molar-refractivity contribution >= 4 is 11.7 Å². The summed E-state index contributed by atoms with van der Waals surface area (Å²) in [7, 11) is 1.83. The van der Waals surface area contributed by atoms with E-state index in [2.05, 4.69) is 31.1 Å². The monoisotopic (exact) mass is 298 g/mol. The van der Waals surface area contributed by atoms with Crippen molar-refractivity contribution in [2.45, 2.75) is 25.3 Å². The average molecular weight is 298 g/mol. The molecular formula is C15H18N6O. The number of likely N-dealkylation sites (N-methyl/N-ethyl adjacent to an activating group) is 1.